The van der Waals surface area contributed by atoms with Gasteiger partial charge in [-0.15, -0.1) is 0 Å². The fourth-order valence-corrected chi connectivity index (χ4v) is 3.78. The highest BCUT2D eigenvalue weighted by Crippen LogP contribution is 2.27. The van der Waals surface area contributed by atoms with Crippen molar-refractivity contribution >= 4 is 0 Å². The summed E-state index contributed by atoms with van der Waals surface area (Å²) in [7, 11) is 2.20. The molecule has 2 heterocycles. The second kappa shape index (κ2) is 6.92. The van der Waals surface area contributed by atoms with Crippen LogP contribution in [-0.4, -0.2) is 46.9 Å². The van der Waals surface area contributed by atoms with Gasteiger partial charge in [-0.1, -0.05) is 0 Å². The van der Waals surface area contributed by atoms with Gasteiger partial charge in [-0.2, -0.15) is 5.10 Å². The van der Waals surface area contributed by atoms with Crippen molar-refractivity contribution in [2.45, 2.75) is 63.6 Å². The summed E-state index contributed by atoms with van der Waals surface area (Å²) in [5.41, 5.74) is 0.962. The quantitative estimate of drug-likeness (QED) is 0.924. The van der Waals surface area contributed by atoms with Gasteiger partial charge >= 0.3 is 0 Å². The molecular weight excluding hydrogens is 276 g/mol. The number of aromatic nitrogens is 2. The van der Waals surface area contributed by atoms with Gasteiger partial charge in [-0.25, -0.2) is 4.68 Å². The molecule has 0 aromatic carbocycles. The van der Waals surface area contributed by atoms with Crippen LogP contribution < -0.4 is 10.9 Å². The molecule has 5 nitrogen and oxygen atoms in total. The van der Waals surface area contributed by atoms with Crippen molar-refractivity contribution in [3.8, 4) is 0 Å². The first-order chi connectivity index (χ1) is 10.6. The standard InChI is InChI=1S/C17H28N4O/c1-13-3-8-17(22)21(19-13)16-6-4-14(5-7-16)18-15-9-11-20(2)12-10-15/h3,8,14-16,18H,4-7,9-12H2,1-2H3. The number of nitrogens with zero attached hydrogens (tertiary/aromatic N) is 3. The Morgan fingerprint density at radius 2 is 1.68 bits per heavy atom. The summed E-state index contributed by atoms with van der Waals surface area (Å²) < 4.78 is 1.71. The second-order valence-corrected chi connectivity index (χ2v) is 7.01. The Morgan fingerprint density at radius 1 is 1.05 bits per heavy atom. The van der Waals surface area contributed by atoms with Crippen molar-refractivity contribution < 1.29 is 0 Å². The second-order valence-electron chi connectivity index (χ2n) is 7.01. The molecule has 0 radical (unpaired) electrons. The molecule has 2 fully saturated rings. The van der Waals surface area contributed by atoms with Crippen molar-refractivity contribution in [2.24, 2.45) is 0 Å². The lowest BCUT2D eigenvalue weighted by atomic mass is 9.90. The number of hydrogen-bond donors (Lipinski definition) is 1. The number of likely N-dealkylation sites (tertiary alicyclic amines) is 1. The van der Waals surface area contributed by atoms with Gasteiger partial charge in [0.2, 0.25) is 0 Å². The average Bonchev–Trinajstić information content (AvgIpc) is 2.53. The first-order valence-corrected chi connectivity index (χ1v) is 8.63. The Morgan fingerprint density at radius 3 is 2.36 bits per heavy atom. The predicted molar refractivity (Wildman–Crippen MR) is 88.2 cm³/mol. The molecule has 1 aliphatic carbocycles. The van der Waals surface area contributed by atoms with Crippen LogP contribution in [0.2, 0.25) is 0 Å². The van der Waals surface area contributed by atoms with E-state index in [-0.39, 0.29) is 11.6 Å². The van der Waals surface area contributed by atoms with Crippen LogP contribution in [0, 0.1) is 6.92 Å². The van der Waals surface area contributed by atoms with E-state index in [4.69, 9.17) is 0 Å². The molecule has 0 bridgehead atoms. The number of piperidine rings is 1. The lowest BCUT2D eigenvalue weighted by Crippen LogP contribution is -2.46. The van der Waals surface area contributed by atoms with E-state index < -0.39 is 0 Å². The van der Waals surface area contributed by atoms with Gasteiger partial charge < -0.3 is 10.2 Å². The van der Waals surface area contributed by atoms with Crippen LogP contribution in [0.15, 0.2) is 16.9 Å². The molecule has 0 amide bonds. The van der Waals surface area contributed by atoms with Crippen LogP contribution in [0.5, 0.6) is 0 Å². The largest absolute Gasteiger partial charge is 0.311 e. The van der Waals surface area contributed by atoms with E-state index in [2.05, 4.69) is 22.4 Å². The first kappa shape index (κ1) is 15.7. The number of nitrogens with one attached hydrogen (secondary N) is 1. The van der Waals surface area contributed by atoms with E-state index in [1.165, 1.54) is 25.9 Å². The van der Waals surface area contributed by atoms with Crippen LogP contribution >= 0.6 is 0 Å². The summed E-state index contributed by atoms with van der Waals surface area (Å²) in [6.45, 7) is 4.36. The maximum absolute atomic E-state index is 12.0. The minimum Gasteiger partial charge on any atom is -0.311 e. The van der Waals surface area contributed by atoms with Gasteiger partial charge in [0.1, 0.15) is 0 Å². The Hall–Kier alpha value is -1.20. The normalized spacial score (nSPS) is 27.9. The van der Waals surface area contributed by atoms with Gasteiger partial charge in [0.15, 0.2) is 0 Å². The van der Waals surface area contributed by atoms with E-state index >= 15 is 0 Å². The molecule has 0 spiro atoms. The van der Waals surface area contributed by atoms with Crippen LogP contribution in [0.4, 0.5) is 0 Å². The number of rotatable bonds is 3. The summed E-state index contributed by atoms with van der Waals surface area (Å²) >= 11 is 0. The summed E-state index contributed by atoms with van der Waals surface area (Å²) in [4.78, 5) is 14.4. The molecule has 5 heteroatoms. The van der Waals surface area contributed by atoms with Gasteiger partial charge in [-0.3, -0.25) is 4.79 Å². The minimum absolute atomic E-state index is 0.0392. The lowest BCUT2D eigenvalue weighted by Gasteiger charge is -2.35. The highest BCUT2D eigenvalue weighted by atomic mass is 16.1. The van der Waals surface area contributed by atoms with Gasteiger partial charge in [0, 0.05) is 18.2 Å². The highest BCUT2D eigenvalue weighted by molar-refractivity contribution is 4.98. The molecule has 1 saturated heterocycles. The molecular formula is C17H28N4O. The van der Waals surface area contributed by atoms with Gasteiger partial charge in [0.05, 0.1) is 11.7 Å². The fourth-order valence-electron chi connectivity index (χ4n) is 3.78. The van der Waals surface area contributed by atoms with E-state index in [0.29, 0.717) is 12.1 Å². The third-order valence-corrected chi connectivity index (χ3v) is 5.19. The summed E-state index contributed by atoms with van der Waals surface area (Å²) in [5.74, 6) is 0. The van der Waals surface area contributed by atoms with Crippen LogP contribution in [-0.2, 0) is 0 Å². The van der Waals surface area contributed by atoms with Crippen LogP contribution in [0.3, 0.4) is 0 Å². The molecule has 1 saturated carbocycles. The van der Waals surface area contributed by atoms with Crippen molar-refractivity contribution in [2.75, 3.05) is 20.1 Å². The molecule has 1 aliphatic heterocycles. The van der Waals surface area contributed by atoms with E-state index in [9.17, 15) is 4.79 Å². The average molecular weight is 304 g/mol. The van der Waals surface area contributed by atoms with Crippen molar-refractivity contribution in [3.05, 3.63) is 28.2 Å². The number of aryl methyl sites for hydroxylation is 1. The fraction of sp³-hybridized carbons (Fsp3) is 0.765. The summed E-state index contributed by atoms with van der Waals surface area (Å²) in [6, 6.07) is 5.02. The van der Waals surface area contributed by atoms with Gasteiger partial charge in [-0.05, 0) is 71.7 Å². The topological polar surface area (TPSA) is 50.2 Å². The first-order valence-electron chi connectivity index (χ1n) is 8.63. The molecule has 22 heavy (non-hydrogen) atoms. The molecule has 3 rings (SSSR count). The Balaban J connectivity index is 1.52. The maximum atomic E-state index is 12.0. The minimum atomic E-state index is 0.0392. The van der Waals surface area contributed by atoms with Crippen molar-refractivity contribution in [1.29, 1.82) is 0 Å². The third-order valence-electron chi connectivity index (χ3n) is 5.19. The monoisotopic (exact) mass is 304 g/mol. The maximum Gasteiger partial charge on any atom is 0.267 e. The molecule has 1 aromatic rings. The zero-order valence-corrected chi connectivity index (χ0v) is 13.8. The molecule has 0 unspecified atom stereocenters. The molecule has 1 N–H and O–H groups in total. The van der Waals surface area contributed by atoms with E-state index in [1.54, 1.807) is 16.8 Å². The smallest absolute Gasteiger partial charge is 0.267 e. The zero-order chi connectivity index (χ0) is 15.5. The van der Waals surface area contributed by atoms with Gasteiger partial charge in [0.25, 0.3) is 5.56 Å². The van der Waals surface area contributed by atoms with Crippen molar-refractivity contribution in [3.63, 3.8) is 0 Å². The third kappa shape index (κ3) is 3.76. The highest BCUT2D eigenvalue weighted by Gasteiger charge is 2.26. The lowest BCUT2D eigenvalue weighted by molar-refractivity contribution is 0.199. The Bertz CT molecular complexity index is 540. The van der Waals surface area contributed by atoms with Crippen molar-refractivity contribution in [1.82, 2.24) is 20.0 Å². The molecule has 2 aliphatic rings. The van der Waals surface area contributed by atoms with E-state index in [1.807, 2.05) is 6.92 Å². The van der Waals surface area contributed by atoms with Crippen LogP contribution in [0.1, 0.15) is 50.3 Å². The zero-order valence-electron chi connectivity index (χ0n) is 13.8. The number of hydrogen-bond acceptors (Lipinski definition) is 4. The van der Waals surface area contributed by atoms with Crippen LogP contribution in [0.25, 0.3) is 0 Å². The van der Waals surface area contributed by atoms with E-state index in [0.717, 1.165) is 31.4 Å². The summed E-state index contributed by atoms with van der Waals surface area (Å²) in [6.07, 6.45) is 6.93. The summed E-state index contributed by atoms with van der Waals surface area (Å²) in [5, 5.41) is 8.27. The predicted octanol–water partition coefficient (Wildman–Crippen LogP) is 1.72. The Kier molecular flexibility index (Phi) is 4.93. The molecule has 0 atom stereocenters. The SMILES string of the molecule is Cc1ccc(=O)n(C2CCC(NC3CCN(C)CC3)CC2)n1. The Labute approximate surface area is 132 Å². The molecule has 122 valence electrons. The molecule has 1 aromatic heterocycles.